The van der Waals surface area contributed by atoms with Crippen LogP contribution in [0.25, 0.3) is 0 Å². The number of hydrogen-bond acceptors (Lipinski definition) is 3. The van der Waals surface area contributed by atoms with E-state index in [9.17, 15) is 4.79 Å². The Labute approximate surface area is 127 Å². The monoisotopic (exact) mass is 289 g/mol. The number of rotatable bonds is 4. The first-order valence-electron chi connectivity index (χ1n) is 7.74. The van der Waals surface area contributed by atoms with Crippen LogP contribution in [0.1, 0.15) is 16.7 Å². The number of nitrogens with zero attached hydrogens (tertiary/aromatic N) is 2. The van der Waals surface area contributed by atoms with Gasteiger partial charge < -0.3 is 15.5 Å². The molecular weight excluding hydrogens is 262 g/mol. The van der Waals surface area contributed by atoms with Crippen molar-refractivity contribution >= 4 is 5.91 Å². The second-order valence-electron chi connectivity index (χ2n) is 6.18. The van der Waals surface area contributed by atoms with Crippen LogP contribution >= 0.6 is 0 Å². The van der Waals surface area contributed by atoms with E-state index in [0.29, 0.717) is 6.54 Å². The maximum absolute atomic E-state index is 12.6. The quantitative estimate of drug-likeness (QED) is 0.906. The zero-order valence-electron chi connectivity index (χ0n) is 13.4. The molecule has 0 spiro atoms. The van der Waals surface area contributed by atoms with Crippen LogP contribution in [0.3, 0.4) is 0 Å². The fourth-order valence-electron chi connectivity index (χ4n) is 2.77. The van der Waals surface area contributed by atoms with E-state index in [1.54, 1.807) is 0 Å². The van der Waals surface area contributed by atoms with Crippen molar-refractivity contribution < 1.29 is 4.79 Å². The molecule has 1 aliphatic rings. The van der Waals surface area contributed by atoms with Crippen LogP contribution < -0.4 is 5.73 Å². The molecule has 2 N–H and O–H groups in total. The van der Waals surface area contributed by atoms with Crippen LogP contribution in [0.15, 0.2) is 18.2 Å². The van der Waals surface area contributed by atoms with Crippen LogP contribution in [0, 0.1) is 19.8 Å². The molecule has 1 fully saturated rings. The predicted molar refractivity (Wildman–Crippen MR) is 86.2 cm³/mol. The molecule has 1 atom stereocenters. The Morgan fingerprint density at radius 2 is 1.86 bits per heavy atom. The number of hydrogen-bond donors (Lipinski definition) is 1. The summed E-state index contributed by atoms with van der Waals surface area (Å²) in [7, 11) is 2.09. The zero-order valence-corrected chi connectivity index (χ0v) is 13.4. The predicted octanol–water partition coefficient (Wildman–Crippen LogP) is 1.19. The molecule has 0 aromatic heterocycles. The lowest BCUT2D eigenvalue weighted by Gasteiger charge is -2.34. The molecule has 21 heavy (non-hydrogen) atoms. The first kappa shape index (κ1) is 16.0. The summed E-state index contributed by atoms with van der Waals surface area (Å²) in [6, 6.07) is 6.41. The topological polar surface area (TPSA) is 49.6 Å². The maximum Gasteiger partial charge on any atom is 0.227 e. The highest BCUT2D eigenvalue weighted by atomic mass is 16.2. The average molecular weight is 289 g/mol. The highest BCUT2D eigenvalue weighted by Crippen LogP contribution is 2.16. The van der Waals surface area contributed by atoms with Gasteiger partial charge in [-0.2, -0.15) is 0 Å². The molecule has 0 saturated carbocycles. The lowest BCUT2D eigenvalue weighted by Crippen LogP contribution is -2.50. The van der Waals surface area contributed by atoms with E-state index in [-0.39, 0.29) is 11.8 Å². The van der Waals surface area contributed by atoms with Crippen LogP contribution in [0.5, 0.6) is 0 Å². The van der Waals surface area contributed by atoms with Gasteiger partial charge in [0.25, 0.3) is 0 Å². The second-order valence-corrected chi connectivity index (χ2v) is 6.18. The molecule has 1 unspecified atom stereocenters. The minimum absolute atomic E-state index is 0.101. The summed E-state index contributed by atoms with van der Waals surface area (Å²) in [5.74, 6) is 0.111. The lowest BCUT2D eigenvalue weighted by atomic mass is 9.95. The summed E-state index contributed by atoms with van der Waals surface area (Å²) in [6.45, 7) is 8.17. The minimum Gasteiger partial charge on any atom is -0.340 e. The van der Waals surface area contributed by atoms with Gasteiger partial charge in [-0.3, -0.25) is 4.79 Å². The third-order valence-electron chi connectivity index (χ3n) is 4.50. The molecule has 116 valence electrons. The summed E-state index contributed by atoms with van der Waals surface area (Å²) in [4.78, 5) is 16.8. The molecule has 0 radical (unpaired) electrons. The smallest absolute Gasteiger partial charge is 0.227 e. The molecule has 1 aromatic carbocycles. The number of aryl methyl sites for hydroxylation is 2. The molecule has 1 amide bonds. The highest BCUT2D eigenvalue weighted by Gasteiger charge is 2.25. The van der Waals surface area contributed by atoms with E-state index in [2.05, 4.69) is 44.0 Å². The summed E-state index contributed by atoms with van der Waals surface area (Å²) in [6.07, 6.45) is 0.739. The van der Waals surface area contributed by atoms with Crippen LogP contribution in [0.4, 0.5) is 0 Å². The highest BCUT2D eigenvalue weighted by molar-refractivity contribution is 5.79. The van der Waals surface area contributed by atoms with Gasteiger partial charge in [0.05, 0.1) is 5.92 Å². The van der Waals surface area contributed by atoms with E-state index >= 15 is 0 Å². The maximum atomic E-state index is 12.6. The number of piperazine rings is 1. The van der Waals surface area contributed by atoms with Crippen molar-refractivity contribution in [3.63, 3.8) is 0 Å². The summed E-state index contributed by atoms with van der Waals surface area (Å²) < 4.78 is 0. The van der Waals surface area contributed by atoms with Gasteiger partial charge >= 0.3 is 0 Å². The molecule has 2 rings (SSSR count). The van der Waals surface area contributed by atoms with Crippen LogP contribution in [-0.2, 0) is 11.2 Å². The van der Waals surface area contributed by atoms with E-state index in [4.69, 9.17) is 5.73 Å². The SMILES string of the molecule is Cc1ccc(CC(CN)C(=O)N2CCN(C)CC2)cc1C. The molecule has 1 aromatic rings. The van der Waals surface area contributed by atoms with E-state index in [0.717, 1.165) is 32.6 Å². The summed E-state index contributed by atoms with van der Waals surface area (Å²) in [5, 5.41) is 0. The number of carbonyl (C=O) groups is 1. The van der Waals surface area contributed by atoms with Gasteiger partial charge in [-0.05, 0) is 44.0 Å². The Balaban J connectivity index is 2.01. The summed E-state index contributed by atoms with van der Waals surface area (Å²) >= 11 is 0. The van der Waals surface area contributed by atoms with Gasteiger partial charge in [-0.15, -0.1) is 0 Å². The molecule has 4 heteroatoms. The van der Waals surface area contributed by atoms with Crippen molar-refractivity contribution in [1.82, 2.24) is 9.80 Å². The van der Waals surface area contributed by atoms with Gasteiger partial charge in [-0.1, -0.05) is 18.2 Å². The Morgan fingerprint density at radius 3 is 2.43 bits per heavy atom. The number of likely N-dealkylation sites (N-methyl/N-ethyl adjacent to an activating group) is 1. The van der Waals surface area contributed by atoms with Crippen molar-refractivity contribution in [2.75, 3.05) is 39.8 Å². The second kappa shape index (κ2) is 7.05. The molecular formula is C17H27N3O. The molecule has 1 saturated heterocycles. The standard InChI is InChI=1S/C17H27N3O/c1-13-4-5-15(10-14(13)2)11-16(12-18)17(21)20-8-6-19(3)7-9-20/h4-5,10,16H,6-9,11-12,18H2,1-3H3. The van der Waals surface area contributed by atoms with E-state index < -0.39 is 0 Å². The van der Waals surface area contributed by atoms with Crippen molar-refractivity contribution in [2.24, 2.45) is 11.7 Å². The Bertz CT molecular complexity index is 493. The molecule has 1 heterocycles. The third kappa shape index (κ3) is 4.05. The third-order valence-corrected chi connectivity index (χ3v) is 4.50. The number of nitrogens with two attached hydrogens (primary N) is 1. The van der Waals surface area contributed by atoms with Crippen LogP contribution in [0.2, 0.25) is 0 Å². The van der Waals surface area contributed by atoms with Crippen molar-refractivity contribution in [3.05, 3.63) is 34.9 Å². The van der Waals surface area contributed by atoms with Gasteiger partial charge in [-0.25, -0.2) is 0 Å². The minimum atomic E-state index is -0.101. The van der Waals surface area contributed by atoms with Gasteiger partial charge in [0.1, 0.15) is 0 Å². The number of benzene rings is 1. The Kier molecular flexibility index (Phi) is 5.37. The molecule has 0 bridgehead atoms. The lowest BCUT2D eigenvalue weighted by molar-refractivity contribution is -0.136. The number of amides is 1. The van der Waals surface area contributed by atoms with Gasteiger partial charge in [0.2, 0.25) is 5.91 Å². The molecule has 4 nitrogen and oxygen atoms in total. The fraction of sp³-hybridized carbons (Fsp3) is 0.588. The van der Waals surface area contributed by atoms with E-state index in [1.807, 2.05) is 4.90 Å². The van der Waals surface area contributed by atoms with Crippen molar-refractivity contribution in [3.8, 4) is 0 Å². The van der Waals surface area contributed by atoms with Gasteiger partial charge in [0.15, 0.2) is 0 Å². The molecule has 1 aliphatic heterocycles. The number of carbonyl (C=O) groups excluding carboxylic acids is 1. The normalized spacial score (nSPS) is 17.8. The first-order valence-corrected chi connectivity index (χ1v) is 7.74. The Hall–Kier alpha value is -1.39. The van der Waals surface area contributed by atoms with Gasteiger partial charge in [0, 0.05) is 32.7 Å². The largest absolute Gasteiger partial charge is 0.340 e. The Morgan fingerprint density at radius 1 is 1.19 bits per heavy atom. The van der Waals surface area contributed by atoms with Crippen molar-refractivity contribution in [1.29, 1.82) is 0 Å². The average Bonchev–Trinajstić information content (AvgIpc) is 2.48. The first-order chi connectivity index (χ1) is 10.0. The molecule has 0 aliphatic carbocycles. The summed E-state index contributed by atoms with van der Waals surface area (Å²) in [5.41, 5.74) is 9.63. The van der Waals surface area contributed by atoms with Crippen LogP contribution in [-0.4, -0.2) is 55.5 Å². The zero-order chi connectivity index (χ0) is 15.4. The van der Waals surface area contributed by atoms with E-state index in [1.165, 1.54) is 16.7 Å². The fourth-order valence-corrected chi connectivity index (χ4v) is 2.77. The van der Waals surface area contributed by atoms with Crippen molar-refractivity contribution in [2.45, 2.75) is 20.3 Å².